The molecule has 3 rings (SSSR count). The van der Waals surface area contributed by atoms with Gasteiger partial charge in [0.15, 0.2) is 0 Å². The molecule has 2 aromatic carbocycles. The fourth-order valence-electron chi connectivity index (χ4n) is 2.21. The van der Waals surface area contributed by atoms with E-state index in [1.165, 1.54) is 0 Å². The van der Waals surface area contributed by atoms with Gasteiger partial charge < -0.3 is 9.84 Å². The molecule has 1 N–H and O–H groups in total. The van der Waals surface area contributed by atoms with Gasteiger partial charge >= 0.3 is 0 Å². The van der Waals surface area contributed by atoms with Gasteiger partial charge in [0.1, 0.15) is 5.75 Å². The molecule has 1 aliphatic rings. The highest BCUT2D eigenvalue weighted by Gasteiger charge is 2.23. The van der Waals surface area contributed by atoms with Crippen LogP contribution in [-0.4, -0.2) is 11.2 Å². The molecule has 21 heavy (non-hydrogen) atoms. The second-order valence-corrected chi connectivity index (χ2v) is 6.12. The van der Waals surface area contributed by atoms with Crippen LogP contribution in [0.2, 0.25) is 10.0 Å². The van der Waals surface area contributed by atoms with Gasteiger partial charge in [0.05, 0.1) is 12.2 Å². The summed E-state index contributed by atoms with van der Waals surface area (Å²) in [5.74, 6) is 0.805. The van der Waals surface area contributed by atoms with E-state index in [-0.39, 0.29) is 0 Å². The van der Waals surface area contributed by atoms with Crippen molar-refractivity contribution in [2.24, 2.45) is 0 Å². The molecule has 1 atom stereocenters. The highest BCUT2D eigenvalue weighted by atomic mass is 35.5. The molecule has 0 heterocycles. The molecule has 1 unspecified atom stereocenters. The molecular weight excluding hydrogens is 307 g/mol. The Morgan fingerprint density at radius 1 is 1.10 bits per heavy atom. The SMILES string of the molecule is OC(Cc1c(Cl)cccc1Cl)c1cccc(OC2CC2)c1. The summed E-state index contributed by atoms with van der Waals surface area (Å²) in [4.78, 5) is 0. The first-order chi connectivity index (χ1) is 10.1. The van der Waals surface area contributed by atoms with E-state index < -0.39 is 6.10 Å². The first kappa shape index (κ1) is 14.7. The zero-order valence-corrected chi connectivity index (χ0v) is 12.9. The predicted octanol–water partition coefficient (Wildman–Crippen LogP) is 4.81. The second kappa shape index (κ2) is 6.27. The summed E-state index contributed by atoms with van der Waals surface area (Å²) in [6.45, 7) is 0. The topological polar surface area (TPSA) is 29.5 Å². The lowest BCUT2D eigenvalue weighted by molar-refractivity contribution is 0.177. The van der Waals surface area contributed by atoms with E-state index >= 15 is 0 Å². The fourth-order valence-corrected chi connectivity index (χ4v) is 2.76. The molecule has 110 valence electrons. The molecule has 0 amide bonds. The molecule has 4 heteroatoms. The Morgan fingerprint density at radius 2 is 1.76 bits per heavy atom. The lowest BCUT2D eigenvalue weighted by Gasteiger charge is -2.15. The van der Waals surface area contributed by atoms with Gasteiger partial charge in [-0.05, 0) is 48.2 Å². The van der Waals surface area contributed by atoms with Gasteiger partial charge in [-0.25, -0.2) is 0 Å². The summed E-state index contributed by atoms with van der Waals surface area (Å²) in [6.07, 6.45) is 2.29. The van der Waals surface area contributed by atoms with Crippen LogP contribution in [0.5, 0.6) is 5.75 Å². The summed E-state index contributed by atoms with van der Waals surface area (Å²) in [5.41, 5.74) is 1.57. The molecular formula is C17H16Cl2O2. The van der Waals surface area contributed by atoms with Crippen LogP contribution in [0.25, 0.3) is 0 Å². The van der Waals surface area contributed by atoms with Crippen LogP contribution in [0.4, 0.5) is 0 Å². The minimum Gasteiger partial charge on any atom is -0.490 e. The Labute approximate surface area is 134 Å². The molecule has 0 saturated heterocycles. The largest absolute Gasteiger partial charge is 0.490 e. The standard InChI is InChI=1S/C17H16Cl2O2/c18-15-5-2-6-16(19)14(15)10-17(20)11-3-1-4-13(9-11)21-12-7-8-12/h1-6,9,12,17,20H,7-8,10H2. The zero-order chi connectivity index (χ0) is 14.8. The van der Waals surface area contributed by atoms with Gasteiger partial charge in [-0.1, -0.05) is 41.4 Å². The average molecular weight is 323 g/mol. The van der Waals surface area contributed by atoms with Crippen molar-refractivity contribution >= 4 is 23.2 Å². The minimum atomic E-state index is -0.662. The smallest absolute Gasteiger partial charge is 0.120 e. The highest BCUT2D eigenvalue weighted by Crippen LogP contribution is 2.32. The van der Waals surface area contributed by atoms with E-state index in [0.717, 1.165) is 29.7 Å². The average Bonchev–Trinajstić information content (AvgIpc) is 3.27. The number of halogens is 2. The van der Waals surface area contributed by atoms with Crippen LogP contribution in [0.1, 0.15) is 30.1 Å². The lowest BCUT2D eigenvalue weighted by Crippen LogP contribution is -2.04. The van der Waals surface area contributed by atoms with Crippen molar-refractivity contribution in [3.8, 4) is 5.75 Å². The van der Waals surface area contributed by atoms with Crippen LogP contribution in [0.3, 0.4) is 0 Å². The van der Waals surface area contributed by atoms with Crippen LogP contribution in [0.15, 0.2) is 42.5 Å². The Hall–Kier alpha value is -1.22. The number of rotatable bonds is 5. The van der Waals surface area contributed by atoms with E-state index in [1.54, 1.807) is 18.2 Å². The second-order valence-electron chi connectivity index (χ2n) is 5.31. The Kier molecular flexibility index (Phi) is 4.39. The molecule has 0 radical (unpaired) electrons. The van der Waals surface area contributed by atoms with Crippen molar-refractivity contribution in [2.45, 2.75) is 31.5 Å². The number of benzene rings is 2. The number of hydrogen-bond acceptors (Lipinski definition) is 2. The van der Waals surface area contributed by atoms with E-state index in [1.807, 2.05) is 24.3 Å². The van der Waals surface area contributed by atoms with Gasteiger partial charge in [-0.3, -0.25) is 0 Å². The lowest BCUT2D eigenvalue weighted by atomic mass is 10.0. The van der Waals surface area contributed by atoms with Crippen LogP contribution >= 0.6 is 23.2 Å². The minimum absolute atomic E-state index is 0.343. The predicted molar refractivity (Wildman–Crippen MR) is 85.2 cm³/mol. The Balaban J connectivity index is 1.76. The van der Waals surface area contributed by atoms with Gasteiger partial charge in [0.2, 0.25) is 0 Å². The van der Waals surface area contributed by atoms with Crippen molar-refractivity contribution < 1.29 is 9.84 Å². The van der Waals surface area contributed by atoms with E-state index in [0.29, 0.717) is 22.6 Å². The van der Waals surface area contributed by atoms with Gasteiger partial charge in [-0.2, -0.15) is 0 Å². The molecule has 0 spiro atoms. The molecule has 2 nitrogen and oxygen atoms in total. The molecule has 1 aliphatic carbocycles. The maximum Gasteiger partial charge on any atom is 0.120 e. The quantitative estimate of drug-likeness (QED) is 0.855. The monoisotopic (exact) mass is 322 g/mol. The third-order valence-electron chi connectivity index (χ3n) is 3.53. The molecule has 0 bridgehead atoms. The number of aliphatic hydroxyl groups excluding tert-OH is 1. The molecule has 1 fully saturated rings. The first-order valence-electron chi connectivity index (χ1n) is 7.01. The zero-order valence-electron chi connectivity index (χ0n) is 11.4. The van der Waals surface area contributed by atoms with E-state index in [4.69, 9.17) is 27.9 Å². The van der Waals surface area contributed by atoms with Crippen molar-refractivity contribution in [2.75, 3.05) is 0 Å². The van der Waals surface area contributed by atoms with Gasteiger partial charge in [-0.15, -0.1) is 0 Å². The van der Waals surface area contributed by atoms with E-state index in [9.17, 15) is 5.11 Å². The Morgan fingerprint density at radius 3 is 2.43 bits per heavy atom. The van der Waals surface area contributed by atoms with E-state index in [2.05, 4.69) is 0 Å². The molecule has 0 aliphatic heterocycles. The van der Waals surface area contributed by atoms with Crippen LogP contribution in [-0.2, 0) is 6.42 Å². The third-order valence-corrected chi connectivity index (χ3v) is 4.24. The Bertz CT molecular complexity index is 618. The number of ether oxygens (including phenoxy) is 1. The van der Waals surface area contributed by atoms with Crippen molar-refractivity contribution in [1.29, 1.82) is 0 Å². The summed E-state index contributed by atoms with van der Waals surface area (Å²) in [6, 6.07) is 12.9. The summed E-state index contributed by atoms with van der Waals surface area (Å²) in [5, 5.41) is 11.6. The highest BCUT2D eigenvalue weighted by molar-refractivity contribution is 6.36. The van der Waals surface area contributed by atoms with Gasteiger partial charge in [0, 0.05) is 16.5 Å². The molecule has 1 saturated carbocycles. The van der Waals surface area contributed by atoms with Crippen molar-refractivity contribution in [3.05, 3.63) is 63.6 Å². The number of hydrogen-bond donors (Lipinski definition) is 1. The summed E-state index contributed by atoms with van der Waals surface area (Å²) >= 11 is 12.3. The number of aliphatic hydroxyl groups is 1. The molecule has 0 aromatic heterocycles. The van der Waals surface area contributed by atoms with Crippen LogP contribution < -0.4 is 4.74 Å². The molecule has 2 aromatic rings. The first-order valence-corrected chi connectivity index (χ1v) is 7.76. The van der Waals surface area contributed by atoms with Gasteiger partial charge in [0.25, 0.3) is 0 Å². The summed E-state index contributed by atoms with van der Waals surface area (Å²) < 4.78 is 5.75. The van der Waals surface area contributed by atoms with Crippen molar-refractivity contribution in [3.63, 3.8) is 0 Å². The summed E-state index contributed by atoms with van der Waals surface area (Å²) in [7, 11) is 0. The van der Waals surface area contributed by atoms with Crippen LogP contribution in [0, 0.1) is 0 Å². The maximum absolute atomic E-state index is 10.4. The third kappa shape index (κ3) is 3.70. The fraction of sp³-hybridized carbons (Fsp3) is 0.294. The maximum atomic E-state index is 10.4. The van der Waals surface area contributed by atoms with Crippen molar-refractivity contribution in [1.82, 2.24) is 0 Å². The normalized spacial score (nSPS) is 15.8.